The summed E-state index contributed by atoms with van der Waals surface area (Å²) in [6.07, 6.45) is 6.26. The first-order chi connectivity index (χ1) is 10.2. The standard InChI is InChI=1S/C16H13N3O2/c17-16(20)10-5-6-12-11(7-10)15(19-18-12)14-8-9-3-1-2-4-13(9)21-14/h3-8H,1-2H2,(H2,17,20)(H,18,19). The van der Waals surface area contributed by atoms with Crippen LogP contribution in [0.4, 0.5) is 0 Å². The number of hydrogen-bond acceptors (Lipinski definition) is 3. The first-order valence-electron chi connectivity index (χ1n) is 6.81. The third-order valence-electron chi connectivity index (χ3n) is 3.73. The molecule has 21 heavy (non-hydrogen) atoms. The number of nitrogens with zero attached hydrogens (tertiary/aromatic N) is 1. The summed E-state index contributed by atoms with van der Waals surface area (Å²) in [5, 5.41) is 9.19. The van der Waals surface area contributed by atoms with Crippen LogP contribution in [0.15, 0.2) is 28.7 Å². The molecule has 2 heterocycles. The minimum Gasteiger partial charge on any atom is -0.455 e. The molecule has 0 fully saturated rings. The van der Waals surface area contributed by atoms with Crippen molar-refractivity contribution >= 4 is 29.0 Å². The monoisotopic (exact) mass is 279 g/mol. The van der Waals surface area contributed by atoms with Gasteiger partial charge >= 0.3 is 0 Å². The molecule has 3 N–H and O–H groups in total. The number of aromatic amines is 1. The zero-order valence-corrected chi connectivity index (χ0v) is 11.2. The highest BCUT2D eigenvalue weighted by Gasteiger charge is 2.14. The van der Waals surface area contributed by atoms with E-state index in [0.717, 1.165) is 34.4 Å². The molecular formula is C16H13N3O2. The Morgan fingerprint density at radius 3 is 2.90 bits per heavy atom. The number of benzene rings is 1. The third-order valence-corrected chi connectivity index (χ3v) is 3.73. The molecule has 1 aliphatic carbocycles. The van der Waals surface area contributed by atoms with E-state index in [0.29, 0.717) is 17.0 Å². The molecule has 0 saturated heterocycles. The maximum atomic E-state index is 11.3. The van der Waals surface area contributed by atoms with Gasteiger partial charge in [-0.15, -0.1) is 0 Å². The molecule has 0 bridgehead atoms. The minimum absolute atomic E-state index is 0.454. The zero-order chi connectivity index (χ0) is 14.4. The van der Waals surface area contributed by atoms with E-state index < -0.39 is 5.91 Å². The molecule has 1 aliphatic rings. The molecule has 1 amide bonds. The fourth-order valence-electron chi connectivity index (χ4n) is 2.66. The highest BCUT2D eigenvalue weighted by atomic mass is 16.3. The summed E-state index contributed by atoms with van der Waals surface area (Å²) in [6, 6.07) is 7.21. The van der Waals surface area contributed by atoms with E-state index in [1.54, 1.807) is 18.2 Å². The molecule has 3 aromatic rings. The Labute approximate surface area is 119 Å². The van der Waals surface area contributed by atoms with Gasteiger partial charge in [0.25, 0.3) is 0 Å². The van der Waals surface area contributed by atoms with Gasteiger partial charge in [-0.1, -0.05) is 6.08 Å². The topological polar surface area (TPSA) is 84.9 Å². The lowest BCUT2D eigenvalue weighted by Crippen LogP contribution is -2.21. The third kappa shape index (κ3) is 1.86. The quantitative estimate of drug-likeness (QED) is 0.741. The van der Waals surface area contributed by atoms with Gasteiger partial charge in [-0.25, -0.2) is 0 Å². The van der Waals surface area contributed by atoms with Crippen molar-refractivity contribution in [1.29, 1.82) is 0 Å². The number of primary amides is 1. The predicted molar refractivity (Wildman–Crippen MR) is 79.7 cm³/mol. The average molecular weight is 279 g/mol. The van der Waals surface area contributed by atoms with Gasteiger partial charge in [-0.05, 0) is 43.2 Å². The highest BCUT2D eigenvalue weighted by Crippen LogP contribution is 2.26. The van der Waals surface area contributed by atoms with Gasteiger partial charge in [0, 0.05) is 16.2 Å². The Balaban J connectivity index is 1.96. The number of carbonyl (C=O) groups excluding carboxylic acids is 1. The van der Waals surface area contributed by atoms with Crippen LogP contribution in [0.3, 0.4) is 0 Å². The molecular weight excluding hydrogens is 266 g/mol. The lowest BCUT2D eigenvalue weighted by Gasteiger charge is -1.96. The Hall–Kier alpha value is -2.82. The molecule has 1 aromatic carbocycles. The summed E-state index contributed by atoms with van der Waals surface area (Å²) in [5.74, 6) is 0.242. The Bertz CT molecular complexity index is 945. The van der Waals surface area contributed by atoms with Crippen molar-refractivity contribution in [1.82, 2.24) is 10.2 Å². The van der Waals surface area contributed by atoms with Gasteiger partial charge in [0.05, 0.1) is 5.52 Å². The lowest BCUT2D eigenvalue weighted by molar-refractivity contribution is 0.100. The number of H-pyrrole nitrogens is 1. The molecule has 4 rings (SSSR count). The van der Waals surface area contributed by atoms with E-state index in [-0.39, 0.29) is 0 Å². The summed E-state index contributed by atoms with van der Waals surface area (Å²) < 4.78 is 5.87. The van der Waals surface area contributed by atoms with Crippen molar-refractivity contribution < 1.29 is 9.21 Å². The zero-order valence-electron chi connectivity index (χ0n) is 11.2. The van der Waals surface area contributed by atoms with E-state index in [1.165, 1.54) is 0 Å². The second-order valence-electron chi connectivity index (χ2n) is 5.11. The molecule has 5 nitrogen and oxygen atoms in total. The van der Waals surface area contributed by atoms with Crippen LogP contribution < -0.4 is 16.4 Å². The van der Waals surface area contributed by atoms with Gasteiger partial charge in [0.15, 0.2) is 5.76 Å². The van der Waals surface area contributed by atoms with Crippen molar-refractivity contribution in [3.8, 4) is 11.5 Å². The van der Waals surface area contributed by atoms with Crippen LogP contribution in [0.2, 0.25) is 0 Å². The van der Waals surface area contributed by atoms with Crippen LogP contribution in [-0.2, 0) is 0 Å². The van der Waals surface area contributed by atoms with Crippen molar-refractivity contribution in [2.45, 2.75) is 12.8 Å². The van der Waals surface area contributed by atoms with Crippen molar-refractivity contribution in [3.63, 3.8) is 0 Å². The van der Waals surface area contributed by atoms with Crippen LogP contribution in [0.5, 0.6) is 0 Å². The van der Waals surface area contributed by atoms with E-state index in [2.05, 4.69) is 22.3 Å². The van der Waals surface area contributed by atoms with Crippen molar-refractivity contribution in [3.05, 3.63) is 40.5 Å². The number of rotatable bonds is 2. The van der Waals surface area contributed by atoms with Crippen LogP contribution in [0.25, 0.3) is 34.5 Å². The Morgan fingerprint density at radius 2 is 2.10 bits per heavy atom. The normalized spacial score (nSPS) is 13.5. The van der Waals surface area contributed by atoms with Gasteiger partial charge in [-0.3, -0.25) is 9.89 Å². The van der Waals surface area contributed by atoms with E-state index in [4.69, 9.17) is 10.2 Å². The fourth-order valence-corrected chi connectivity index (χ4v) is 2.66. The first-order valence-corrected chi connectivity index (χ1v) is 6.81. The van der Waals surface area contributed by atoms with E-state index in [9.17, 15) is 4.79 Å². The smallest absolute Gasteiger partial charge is 0.248 e. The fraction of sp³-hybridized carbons (Fsp3) is 0.125. The molecule has 0 spiro atoms. The van der Waals surface area contributed by atoms with Gasteiger partial charge in [0.1, 0.15) is 11.1 Å². The summed E-state index contributed by atoms with van der Waals surface area (Å²) in [4.78, 5) is 11.3. The van der Waals surface area contributed by atoms with Crippen molar-refractivity contribution in [2.24, 2.45) is 5.73 Å². The Kier molecular flexibility index (Phi) is 2.47. The van der Waals surface area contributed by atoms with Gasteiger partial charge in [-0.2, -0.15) is 5.10 Å². The van der Waals surface area contributed by atoms with Crippen LogP contribution in [-0.4, -0.2) is 16.1 Å². The molecule has 5 heteroatoms. The second-order valence-corrected chi connectivity index (χ2v) is 5.11. The first kappa shape index (κ1) is 12.0. The summed E-state index contributed by atoms with van der Waals surface area (Å²) in [6.45, 7) is 0. The summed E-state index contributed by atoms with van der Waals surface area (Å²) in [7, 11) is 0. The minimum atomic E-state index is -0.454. The molecule has 0 atom stereocenters. The van der Waals surface area contributed by atoms with E-state index >= 15 is 0 Å². The maximum absolute atomic E-state index is 11.3. The van der Waals surface area contributed by atoms with Gasteiger partial charge < -0.3 is 10.2 Å². The number of nitrogens with two attached hydrogens (primary N) is 1. The molecule has 0 radical (unpaired) electrons. The molecule has 2 aromatic heterocycles. The number of amides is 1. The number of hydrogen-bond donors (Lipinski definition) is 2. The molecule has 0 saturated carbocycles. The van der Waals surface area contributed by atoms with Crippen LogP contribution in [0, 0.1) is 0 Å². The lowest BCUT2D eigenvalue weighted by atomic mass is 10.1. The van der Waals surface area contributed by atoms with Crippen LogP contribution in [0.1, 0.15) is 23.2 Å². The summed E-state index contributed by atoms with van der Waals surface area (Å²) >= 11 is 0. The molecule has 104 valence electrons. The number of fused-ring (bicyclic) bond motifs is 2. The molecule has 0 aliphatic heterocycles. The Morgan fingerprint density at radius 1 is 1.24 bits per heavy atom. The predicted octanol–water partition coefficient (Wildman–Crippen LogP) is 1.28. The molecule has 0 unspecified atom stereocenters. The summed E-state index contributed by atoms with van der Waals surface area (Å²) in [5.41, 5.74) is 8.23. The second kappa shape index (κ2) is 4.34. The average Bonchev–Trinajstić information content (AvgIpc) is 3.09. The maximum Gasteiger partial charge on any atom is 0.248 e. The SMILES string of the molecule is NC(=O)c1ccc2[nH]nc(-c3cc4c(o3)=CCCC=4)c2c1. The number of carbonyl (C=O) groups is 1. The highest BCUT2D eigenvalue weighted by molar-refractivity contribution is 6.00. The van der Waals surface area contributed by atoms with Crippen LogP contribution >= 0.6 is 0 Å². The number of furan rings is 1. The van der Waals surface area contributed by atoms with E-state index in [1.807, 2.05) is 6.07 Å². The largest absolute Gasteiger partial charge is 0.455 e. The van der Waals surface area contributed by atoms with Crippen molar-refractivity contribution in [2.75, 3.05) is 0 Å². The number of nitrogens with one attached hydrogen (secondary N) is 1. The number of aromatic nitrogens is 2. The van der Waals surface area contributed by atoms with Gasteiger partial charge in [0.2, 0.25) is 5.91 Å².